The van der Waals surface area contributed by atoms with Crippen LogP contribution in [0.4, 0.5) is 0 Å². The molecule has 1 spiro atoms. The molecule has 0 aliphatic carbocycles. The number of methoxy groups -OCH3 is 2. The first-order valence-corrected chi connectivity index (χ1v) is 11.0. The van der Waals surface area contributed by atoms with Crippen LogP contribution in [0.5, 0.6) is 11.5 Å². The second kappa shape index (κ2) is 8.52. The number of benzene rings is 1. The van der Waals surface area contributed by atoms with Crippen molar-refractivity contribution in [2.24, 2.45) is 5.41 Å². The molecule has 3 heterocycles. The molecule has 0 N–H and O–H groups in total. The van der Waals surface area contributed by atoms with Gasteiger partial charge in [-0.3, -0.25) is 9.69 Å². The normalized spacial score (nSPS) is 27.0. The molecule has 4 rings (SSSR count). The molecule has 6 nitrogen and oxygen atoms in total. The Labute approximate surface area is 174 Å². The minimum atomic E-state index is -0.187. The lowest BCUT2D eigenvalue weighted by Gasteiger charge is -2.41. The highest BCUT2D eigenvalue weighted by atomic mass is 16.5. The van der Waals surface area contributed by atoms with E-state index in [-0.39, 0.29) is 5.41 Å². The van der Waals surface area contributed by atoms with Gasteiger partial charge < -0.3 is 19.3 Å². The maximum Gasteiger partial charge on any atom is 0.230 e. The Bertz CT molecular complexity index is 732. The van der Waals surface area contributed by atoms with Crippen LogP contribution in [0.25, 0.3) is 0 Å². The second-order valence-corrected chi connectivity index (χ2v) is 9.02. The average Bonchev–Trinajstić information content (AvgIpc) is 3.16. The van der Waals surface area contributed by atoms with Gasteiger partial charge in [-0.25, -0.2) is 0 Å². The highest BCUT2D eigenvalue weighted by Gasteiger charge is 2.49. The van der Waals surface area contributed by atoms with E-state index in [0.29, 0.717) is 18.5 Å². The highest BCUT2D eigenvalue weighted by Crippen LogP contribution is 2.42. The van der Waals surface area contributed by atoms with Crippen molar-refractivity contribution in [3.8, 4) is 11.5 Å². The molecular weight excluding hydrogens is 366 g/mol. The van der Waals surface area contributed by atoms with Crippen molar-refractivity contribution < 1.29 is 14.3 Å². The van der Waals surface area contributed by atoms with E-state index in [1.54, 1.807) is 14.2 Å². The average molecular weight is 402 g/mol. The number of likely N-dealkylation sites (tertiary alicyclic amines) is 3. The van der Waals surface area contributed by atoms with Crippen molar-refractivity contribution in [3.05, 3.63) is 23.8 Å². The summed E-state index contributed by atoms with van der Waals surface area (Å²) in [5, 5.41) is 0. The van der Waals surface area contributed by atoms with Gasteiger partial charge in [0.05, 0.1) is 19.6 Å². The van der Waals surface area contributed by atoms with Gasteiger partial charge in [-0.15, -0.1) is 0 Å². The fourth-order valence-electron chi connectivity index (χ4n) is 5.54. The van der Waals surface area contributed by atoms with Crippen molar-refractivity contribution in [2.75, 3.05) is 54.0 Å². The van der Waals surface area contributed by atoms with Gasteiger partial charge in [0.15, 0.2) is 11.5 Å². The Morgan fingerprint density at radius 2 is 1.86 bits per heavy atom. The summed E-state index contributed by atoms with van der Waals surface area (Å²) in [4.78, 5) is 20.7. The quantitative estimate of drug-likeness (QED) is 0.759. The van der Waals surface area contributed by atoms with E-state index in [4.69, 9.17) is 9.47 Å². The first kappa shape index (κ1) is 20.5. The molecule has 0 radical (unpaired) electrons. The molecule has 160 valence electrons. The smallest absolute Gasteiger partial charge is 0.230 e. The molecule has 3 aliphatic heterocycles. The minimum absolute atomic E-state index is 0.187. The number of ether oxygens (including phenoxy) is 2. The summed E-state index contributed by atoms with van der Waals surface area (Å²) >= 11 is 0. The van der Waals surface area contributed by atoms with E-state index in [1.165, 1.54) is 25.9 Å². The van der Waals surface area contributed by atoms with Gasteiger partial charge in [-0.1, -0.05) is 12.1 Å². The van der Waals surface area contributed by atoms with Gasteiger partial charge in [0.1, 0.15) is 0 Å². The Kier molecular flexibility index (Phi) is 6.02. The molecule has 1 aromatic carbocycles. The Morgan fingerprint density at radius 1 is 1.07 bits per heavy atom. The van der Waals surface area contributed by atoms with Crippen LogP contribution in [0.2, 0.25) is 0 Å². The number of piperidine rings is 2. The lowest BCUT2D eigenvalue weighted by molar-refractivity contribution is -0.146. The Morgan fingerprint density at radius 3 is 2.59 bits per heavy atom. The molecule has 6 heteroatoms. The summed E-state index contributed by atoms with van der Waals surface area (Å²) in [7, 11) is 5.52. The second-order valence-electron chi connectivity index (χ2n) is 9.02. The first-order valence-electron chi connectivity index (χ1n) is 11.0. The van der Waals surface area contributed by atoms with Crippen molar-refractivity contribution >= 4 is 5.91 Å². The monoisotopic (exact) mass is 401 g/mol. The molecule has 3 fully saturated rings. The number of nitrogens with zero attached hydrogens (tertiary/aromatic N) is 3. The standard InChI is InChI=1S/C23H35N3O3/c1-24-13-8-19(9-14-24)26-15-11-23(17-26)10-5-12-25(22(23)27)16-18-6-4-7-20(28-2)21(18)29-3/h4,6-7,19H,5,8-17H2,1-3H3/t23-/m1/s1. The zero-order valence-corrected chi connectivity index (χ0v) is 18.2. The highest BCUT2D eigenvalue weighted by molar-refractivity contribution is 5.84. The number of hydrogen-bond donors (Lipinski definition) is 0. The first-order chi connectivity index (χ1) is 14.1. The van der Waals surface area contributed by atoms with Crippen LogP contribution in [-0.2, 0) is 11.3 Å². The molecule has 1 aromatic rings. The van der Waals surface area contributed by atoms with Crippen molar-refractivity contribution in [1.82, 2.24) is 14.7 Å². The lowest BCUT2D eigenvalue weighted by Crippen LogP contribution is -2.51. The van der Waals surface area contributed by atoms with Crippen LogP contribution in [0.3, 0.4) is 0 Å². The van der Waals surface area contributed by atoms with E-state index < -0.39 is 0 Å². The van der Waals surface area contributed by atoms with Crippen LogP contribution in [0, 0.1) is 5.41 Å². The molecule has 1 atom stereocenters. The lowest BCUT2D eigenvalue weighted by atomic mass is 9.78. The third kappa shape index (κ3) is 3.97. The molecule has 1 amide bonds. The molecular formula is C23H35N3O3. The molecule has 0 unspecified atom stereocenters. The summed E-state index contributed by atoms with van der Waals surface area (Å²) in [6.07, 6.45) is 5.57. The number of carbonyl (C=O) groups excluding carboxylic acids is 1. The Balaban J connectivity index is 1.46. The van der Waals surface area contributed by atoms with Crippen LogP contribution in [-0.4, -0.2) is 80.6 Å². The van der Waals surface area contributed by atoms with E-state index in [2.05, 4.69) is 21.7 Å². The predicted molar refractivity (Wildman–Crippen MR) is 113 cm³/mol. The molecule has 3 aliphatic rings. The maximum absolute atomic E-state index is 13.6. The van der Waals surface area contributed by atoms with E-state index in [0.717, 1.165) is 56.0 Å². The summed E-state index contributed by atoms with van der Waals surface area (Å²) in [5.74, 6) is 1.80. The van der Waals surface area contributed by atoms with Crippen molar-refractivity contribution in [1.29, 1.82) is 0 Å². The van der Waals surface area contributed by atoms with Gasteiger partial charge in [0.25, 0.3) is 0 Å². The molecule has 29 heavy (non-hydrogen) atoms. The van der Waals surface area contributed by atoms with Crippen molar-refractivity contribution in [2.45, 2.75) is 44.7 Å². The van der Waals surface area contributed by atoms with E-state index in [9.17, 15) is 4.79 Å². The largest absolute Gasteiger partial charge is 0.493 e. The van der Waals surface area contributed by atoms with Crippen molar-refractivity contribution in [3.63, 3.8) is 0 Å². The summed E-state index contributed by atoms with van der Waals surface area (Å²) < 4.78 is 11.0. The van der Waals surface area contributed by atoms with Gasteiger partial charge in [0.2, 0.25) is 5.91 Å². The van der Waals surface area contributed by atoms with Crippen LogP contribution in [0.1, 0.15) is 37.7 Å². The third-order valence-corrected chi connectivity index (χ3v) is 7.26. The summed E-state index contributed by atoms with van der Waals surface area (Å²) in [6.45, 7) is 5.76. The van der Waals surface area contributed by atoms with E-state index >= 15 is 0 Å². The van der Waals surface area contributed by atoms with Gasteiger partial charge >= 0.3 is 0 Å². The fourth-order valence-corrected chi connectivity index (χ4v) is 5.54. The number of carbonyl (C=O) groups is 1. The van der Waals surface area contributed by atoms with Gasteiger partial charge in [-0.05, 0) is 64.9 Å². The fraction of sp³-hybridized carbons (Fsp3) is 0.696. The van der Waals surface area contributed by atoms with Crippen LogP contribution < -0.4 is 9.47 Å². The minimum Gasteiger partial charge on any atom is -0.493 e. The molecule has 0 saturated carbocycles. The van der Waals surface area contributed by atoms with Crippen LogP contribution in [0.15, 0.2) is 18.2 Å². The predicted octanol–water partition coefficient (Wildman–Crippen LogP) is 2.61. The van der Waals surface area contributed by atoms with Gasteiger partial charge in [-0.2, -0.15) is 0 Å². The third-order valence-electron chi connectivity index (χ3n) is 7.26. The number of rotatable bonds is 5. The van der Waals surface area contributed by atoms with Crippen LogP contribution >= 0.6 is 0 Å². The Hall–Kier alpha value is -1.79. The molecule has 0 aromatic heterocycles. The number of amides is 1. The number of para-hydroxylation sites is 1. The zero-order valence-electron chi connectivity index (χ0n) is 18.2. The zero-order chi connectivity index (χ0) is 20.4. The molecule has 0 bridgehead atoms. The van der Waals surface area contributed by atoms with Gasteiger partial charge in [0, 0.05) is 31.2 Å². The topological polar surface area (TPSA) is 45.2 Å². The maximum atomic E-state index is 13.6. The SMILES string of the molecule is COc1cccc(CN2CCC[C@]3(CCN(C4CCN(C)CC4)C3)C2=O)c1OC. The van der Waals surface area contributed by atoms with E-state index in [1.807, 2.05) is 18.2 Å². The molecule has 3 saturated heterocycles. The summed E-state index contributed by atoms with van der Waals surface area (Å²) in [6, 6.07) is 6.55. The number of hydrogen-bond acceptors (Lipinski definition) is 5. The summed E-state index contributed by atoms with van der Waals surface area (Å²) in [5.41, 5.74) is 0.829.